The van der Waals surface area contributed by atoms with E-state index in [2.05, 4.69) is 28.9 Å². The van der Waals surface area contributed by atoms with Crippen LogP contribution in [0.15, 0.2) is 42.5 Å². The fraction of sp³-hybridized carbons (Fsp3) is 0.385. The molecule has 2 heterocycles. The van der Waals surface area contributed by atoms with Gasteiger partial charge in [0.1, 0.15) is 12.6 Å². The Morgan fingerprint density at radius 1 is 1.09 bits per heavy atom. The normalized spacial score (nSPS) is 17.8. The van der Waals surface area contributed by atoms with Crippen LogP contribution in [0.25, 0.3) is 0 Å². The third kappa shape index (κ3) is 5.32. The van der Waals surface area contributed by atoms with Crippen molar-refractivity contribution in [3.05, 3.63) is 70.3 Å². The van der Waals surface area contributed by atoms with Gasteiger partial charge >= 0.3 is 0 Å². The van der Waals surface area contributed by atoms with Crippen molar-refractivity contribution in [1.82, 2.24) is 9.80 Å². The van der Waals surface area contributed by atoms with Gasteiger partial charge in [-0.05, 0) is 48.4 Å². The largest absolute Gasteiger partial charge is 0.391 e. The molecule has 4 rings (SSSR count). The standard InChI is InChI=1S/C26H28N2O5/c1-18(30)25(24(31)17-29)28-16-22-14-20(8-9-23(22)26(28)32)5-2-19-3-6-21(7-4-19)15-27-10-12-33-13-11-27/h3-4,6-9,14,18,25,29-30H,10-13,15-17H2,1H3. The van der Waals surface area contributed by atoms with Crippen molar-refractivity contribution in [2.75, 3.05) is 32.9 Å². The van der Waals surface area contributed by atoms with Gasteiger partial charge in [0.15, 0.2) is 5.78 Å². The smallest absolute Gasteiger partial charge is 0.255 e. The fourth-order valence-corrected chi connectivity index (χ4v) is 4.30. The molecule has 2 unspecified atom stereocenters. The zero-order valence-corrected chi connectivity index (χ0v) is 18.7. The van der Waals surface area contributed by atoms with Gasteiger partial charge < -0.3 is 19.8 Å². The Bertz CT molecular complexity index is 1080. The van der Waals surface area contributed by atoms with E-state index in [4.69, 9.17) is 4.74 Å². The summed E-state index contributed by atoms with van der Waals surface area (Å²) in [6, 6.07) is 12.5. The van der Waals surface area contributed by atoms with Crippen LogP contribution in [0, 0.1) is 11.8 Å². The third-order valence-corrected chi connectivity index (χ3v) is 6.03. The van der Waals surface area contributed by atoms with E-state index >= 15 is 0 Å². The molecular formula is C26H28N2O5. The molecule has 1 fully saturated rings. The Kier molecular flexibility index (Phi) is 7.21. The molecule has 2 aliphatic heterocycles. The summed E-state index contributed by atoms with van der Waals surface area (Å²) in [5, 5.41) is 19.2. The Balaban J connectivity index is 1.45. The molecule has 0 aromatic heterocycles. The molecule has 0 radical (unpaired) electrons. The first kappa shape index (κ1) is 23.1. The summed E-state index contributed by atoms with van der Waals surface area (Å²) in [5.74, 6) is 5.40. The van der Waals surface area contributed by atoms with E-state index in [0.717, 1.165) is 49.5 Å². The Morgan fingerprint density at radius 3 is 2.42 bits per heavy atom. The summed E-state index contributed by atoms with van der Waals surface area (Å²) >= 11 is 0. The first-order valence-corrected chi connectivity index (χ1v) is 11.1. The summed E-state index contributed by atoms with van der Waals surface area (Å²) < 4.78 is 5.39. The van der Waals surface area contributed by atoms with Crippen LogP contribution in [-0.4, -0.2) is 76.8 Å². The number of ether oxygens (including phenoxy) is 1. The fourth-order valence-electron chi connectivity index (χ4n) is 4.30. The summed E-state index contributed by atoms with van der Waals surface area (Å²) in [6.07, 6.45) is -1.08. The molecule has 0 bridgehead atoms. The van der Waals surface area contributed by atoms with Crippen molar-refractivity contribution in [3.63, 3.8) is 0 Å². The van der Waals surface area contributed by atoms with E-state index in [9.17, 15) is 19.8 Å². The number of fused-ring (bicyclic) bond motifs is 1. The van der Waals surface area contributed by atoms with Crippen LogP contribution in [0.2, 0.25) is 0 Å². The van der Waals surface area contributed by atoms with Gasteiger partial charge in [0.05, 0.1) is 19.3 Å². The first-order valence-electron chi connectivity index (χ1n) is 11.1. The van der Waals surface area contributed by atoms with Gasteiger partial charge in [0.2, 0.25) is 0 Å². The number of aliphatic hydroxyl groups is 2. The van der Waals surface area contributed by atoms with Crippen molar-refractivity contribution < 1.29 is 24.5 Å². The number of Topliss-reactive ketones (excluding diaryl/α,β-unsaturated/α-hetero) is 1. The second-order valence-electron chi connectivity index (χ2n) is 8.45. The topological polar surface area (TPSA) is 90.3 Å². The number of nitrogens with zero attached hydrogens (tertiary/aromatic N) is 2. The minimum atomic E-state index is -1.08. The van der Waals surface area contributed by atoms with Gasteiger partial charge in [-0.15, -0.1) is 0 Å². The highest BCUT2D eigenvalue weighted by molar-refractivity contribution is 6.01. The molecule has 0 saturated carbocycles. The number of morpholine rings is 1. The molecule has 0 aliphatic carbocycles. The highest BCUT2D eigenvalue weighted by Gasteiger charge is 2.38. The van der Waals surface area contributed by atoms with E-state index < -0.39 is 24.5 Å². The van der Waals surface area contributed by atoms with Crippen LogP contribution in [0.1, 0.15) is 39.5 Å². The van der Waals surface area contributed by atoms with Crippen molar-refractivity contribution >= 4 is 11.7 Å². The van der Waals surface area contributed by atoms with Crippen molar-refractivity contribution in [1.29, 1.82) is 0 Å². The maximum atomic E-state index is 12.8. The van der Waals surface area contributed by atoms with E-state index in [0.29, 0.717) is 5.56 Å². The van der Waals surface area contributed by atoms with Crippen LogP contribution in [0.5, 0.6) is 0 Å². The number of benzene rings is 2. The summed E-state index contributed by atoms with van der Waals surface area (Å²) in [4.78, 5) is 28.5. The Labute approximate surface area is 193 Å². The zero-order chi connectivity index (χ0) is 23.4. The monoisotopic (exact) mass is 448 g/mol. The maximum Gasteiger partial charge on any atom is 0.255 e. The van der Waals surface area contributed by atoms with E-state index in [1.54, 1.807) is 12.1 Å². The summed E-state index contributed by atoms with van der Waals surface area (Å²) in [7, 11) is 0. The number of ketones is 1. The van der Waals surface area contributed by atoms with Gasteiger partial charge in [-0.1, -0.05) is 24.0 Å². The minimum Gasteiger partial charge on any atom is -0.391 e. The lowest BCUT2D eigenvalue weighted by Gasteiger charge is -2.28. The Hall–Kier alpha value is -3.02. The summed E-state index contributed by atoms with van der Waals surface area (Å²) in [6.45, 7) is 5.28. The molecule has 7 nitrogen and oxygen atoms in total. The highest BCUT2D eigenvalue weighted by Crippen LogP contribution is 2.27. The molecule has 1 amide bonds. The molecule has 2 atom stereocenters. The molecule has 33 heavy (non-hydrogen) atoms. The third-order valence-electron chi connectivity index (χ3n) is 6.03. The molecule has 7 heteroatoms. The van der Waals surface area contributed by atoms with Crippen LogP contribution < -0.4 is 0 Å². The van der Waals surface area contributed by atoms with Gasteiger partial charge in [-0.3, -0.25) is 14.5 Å². The second kappa shape index (κ2) is 10.3. The number of aliphatic hydroxyl groups excluding tert-OH is 2. The number of carbonyl (C=O) groups excluding carboxylic acids is 2. The number of carbonyl (C=O) groups is 2. The van der Waals surface area contributed by atoms with E-state index in [-0.39, 0.29) is 12.5 Å². The number of hydrogen-bond donors (Lipinski definition) is 2. The SMILES string of the molecule is CC(O)C(C(=O)CO)N1Cc2cc(C#Cc3ccc(CN4CCOCC4)cc3)ccc2C1=O. The van der Waals surface area contributed by atoms with Crippen molar-refractivity contribution in [2.45, 2.75) is 32.2 Å². The molecule has 1 saturated heterocycles. The van der Waals surface area contributed by atoms with Gasteiger partial charge in [-0.2, -0.15) is 0 Å². The molecule has 2 aromatic rings. The summed E-state index contributed by atoms with van der Waals surface area (Å²) in [5.41, 5.74) is 4.15. The number of hydrogen-bond acceptors (Lipinski definition) is 6. The molecule has 172 valence electrons. The van der Waals surface area contributed by atoms with Gasteiger partial charge in [0, 0.05) is 42.9 Å². The Morgan fingerprint density at radius 2 is 1.76 bits per heavy atom. The van der Waals surface area contributed by atoms with Crippen molar-refractivity contribution in [3.8, 4) is 11.8 Å². The molecule has 2 aliphatic rings. The minimum absolute atomic E-state index is 0.196. The van der Waals surface area contributed by atoms with Crippen molar-refractivity contribution in [2.24, 2.45) is 0 Å². The lowest BCUT2D eigenvalue weighted by atomic mass is 10.1. The zero-order valence-electron chi connectivity index (χ0n) is 18.7. The highest BCUT2D eigenvalue weighted by atomic mass is 16.5. The maximum absolute atomic E-state index is 12.8. The second-order valence-corrected chi connectivity index (χ2v) is 8.45. The molecule has 2 aromatic carbocycles. The predicted octanol–water partition coefficient (Wildman–Crippen LogP) is 1.19. The average molecular weight is 449 g/mol. The molecule has 0 spiro atoms. The van der Waals surface area contributed by atoms with Gasteiger partial charge in [0.25, 0.3) is 5.91 Å². The molecule has 2 N–H and O–H groups in total. The predicted molar refractivity (Wildman–Crippen MR) is 122 cm³/mol. The number of rotatable bonds is 6. The van der Waals surface area contributed by atoms with Crippen LogP contribution in [0.3, 0.4) is 0 Å². The quantitative estimate of drug-likeness (QED) is 0.646. The first-order chi connectivity index (χ1) is 16.0. The lowest BCUT2D eigenvalue weighted by molar-refractivity contribution is -0.129. The van der Waals surface area contributed by atoms with Gasteiger partial charge in [-0.25, -0.2) is 0 Å². The van der Waals surface area contributed by atoms with E-state index in [1.165, 1.54) is 17.4 Å². The van der Waals surface area contributed by atoms with E-state index in [1.807, 2.05) is 18.2 Å². The average Bonchev–Trinajstić information content (AvgIpc) is 3.14. The lowest BCUT2D eigenvalue weighted by Crippen LogP contribution is -2.49. The number of amides is 1. The molecular weight excluding hydrogens is 420 g/mol. The van der Waals surface area contributed by atoms with Crippen LogP contribution in [0.4, 0.5) is 0 Å². The van der Waals surface area contributed by atoms with Crippen LogP contribution in [-0.2, 0) is 22.6 Å². The van der Waals surface area contributed by atoms with Crippen LogP contribution >= 0.6 is 0 Å².